The first-order valence-electron chi connectivity index (χ1n) is 7.30. The van der Waals surface area contributed by atoms with E-state index in [4.69, 9.17) is 4.42 Å². The van der Waals surface area contributed by atoms with Gasteiger partial charge in [-0.1, -0.05) is 18.2 Å². The number of fused-ring (bicyclic) bond motifs is 1. The molecular formula is C17H21NO2. The molecule has 3 heteroatoms. The van der Waals surface area contributed by atoms with Crippen molar-refractivity contribution in [3.8, 4) is 0 Å². The Kier molecular flexibility index (Phi) is 3.90. The predicted molar refractivity (Wildman–Crippen MR) is 78.6 cm³/mol. The highest BCUT2D eigenvalue weighted by molar-refractivity contribution is 5.36. The van der Waals surface area contributed by atoms with Gasteiger partial charge in [0.25, 0.3) is 0 Å². The van der Waals surface area contributed by atoms with Crippen molar-refractivity contribution in [1.82, 2.24) is 5.32 Å². The molecule has 0 spiro atoms. The van der Waals surface area contributed by atoms with Gasteiger partial charge in [0.05, 0.1) is 18.9 Å². The van der Waals surface area contributed by atoms with Crippen molar-refractivity contribution in [3.63, 3.8) is 0 Å². The quantitative estimate of drug-likeness (QED) is 0.878. The molecule has 1 heterocycles. The molecule has 2 unspecified atom stereocenters. The minimum atomic E-state index is -0.159. The summed E-state index contributed by atoms with van der Waals surface area (Å²) < 4.78 is 5.37. The van der Waals surface area contributed by atoms with E-state index in [1.54, 1.807) is 6.26 Å². The third-order valence-electron chi connectivity index (χ3n) is 4.14. The molecule has 2 atom stereocenters. The fraction of sp³-hybridized carbons (Fsp3) is 0.412. The topological polar surface area (TPSA) is 45.4 Å². The normalized spacial score (nSPS) is 16.9. The Morgan fingerprint density at radius 2 is 2.10 bits per heavy atom. The van der Waals surface area contributed by atoms with Crippen LogP contribution in [0.3, 0.4) is 0 Å². The average Bonchev–Trinajstić information content (AvgIpc) is 3.14. The number of aliphatic hydroxyl groups is 1. The molecule has 3 nitrogen and oxygen atoms in total. The number of nitrogens with one attached hydrogen (secondary N) is 1. The van der Waals surface area contributed by atoms with Crippen LogP contribution >= 0.6 is 0 Å². The monoisotopic (exact) mass is 271 g/mol. The summed E-state index contributed by atoms with van der Waals surface area (Å²) in [6.45, 7) is 2.16. The highest BCUT2D eigenvalue weighted by Gasteiger charge is 2.18. The highest BCUT2D eigenvalue weighted by Crippen LogP contribution is 2.26. The van der Waals surface area contributed by atoms with Gasteiger partial charge >= 0.3 is 0 Å². The second-order valence-electron chi connectivity index (χ2n) is 5.52. The summed E-state index contributed by atoms with van der Waals surface area (Å²) in [7, 11) is 0. The standard InChI is InChI=1S/C17H21NO2/c1-12(18-16(11-19)17-6-3-9-20-17)14-8-7-13-4-2-5-15(13)10-14/h3,6-10,12,16,18-19H,2,4-5,11H2,1H3. The van der Waals surface area contributed by atoms with Crippen LogP contribution in [0.5, 0.6) is 0 Å². The SMILES string of the molecule is CC(NC(CO)c1ccco1)c1ccc2c(c1)CCC2. The summed E-state index contributed by atoms with van der Waals surface area (Å²) in [6, 6.07) is 10.5. The van der Waals surface area contributed by atoms with E-state index in [1.165, 1.54) is 36.0 Å². The first-order chi connectivity index (χ1) is 9.78. The van der Waals surface area contributed by atoms with Gasteiger partial charge in [-0.05, 0) is 55.0 Å². The molecule has 106 valence electrons. The number of aryl methyl sites for hydroxylation is 2. The lowest BCUT2D eigenvalue weighted by Crippen LogP contribution is -2.27. The smallest absolute Gasteiger partial charge is 0.123 e. The lowest BCUT2D eigenvalue weighted by atomic mass is 10.0. The third kappa shape index (κ3) is 2.65. The number of hydrogen-bond acceptors (Lipinski definition) is 3. The van der Waals surface area contributed by atoms with Crippen molar-refractivity contribution in [2.24, 2.45) is 0 Å². The molecule has 0 saturated carbocycles. The molecule has 2 aromatic rings. The van der Waals surface area contributed by atoms with E-state index in [1.807, 2.05) is 12.1 Å². The maximum atomic E-state index is 9.53. The summed E-state index contributed by atoms with van der Waals surface area (Å²) in [5.41, 5.74) is 4.25. The summed E-state index contributed by atoms with van der Waals surface area (Å²) in [5, 5.41) is 13.0. The lowest BCUT2D eigenvalue weighted by molar-refractivity contribution is 0.217. The number of hydrogen-bond donors (Lipinski definition) is 2. The highest BCUT2D eigenvalue weighted by atomic mass is 16.3. The fourth-order valence-electron chi connectivity index (χ4n) is 2.97. The van der Waals surface area contributed by atoms with E-state index in [9.17, 15) is 5.11 Å². The summed E-state index contributed by atoms with van der Waals surface area (Å²) in [5.74, 6) is 0.778. The van der Waals surface area contributed by atoms with Gasteiger partial charge in [0.1, 0.15) is 5.76 Å². The number of rotatable bonds is 5. The van der Waals surface area contributed by atoms with Gasteiger partial charge in [-0.2, -0.15) is 0 Å². The Balaban J connectivity index is 1.74. The minimum absolute atomic E-state index is 0.0305. The van der Waals surface area contributed by atoms with Gasteiger partial charge in [0, 0.05) is 6.04 Å². The van der Waals surface area contributed by atoms with E-state index < -0.39 is 0 Å². The summed E-state index contributed by atoms with van der Waals surface area (Å²) in [6.07, 6.45) is 5.31. The summed E-state index contributed by atoms with van der Waals surface area (Å²) >= 11 is 0. The zero-order valence-electron chi connectivity index (χ0n) is 11.8. The van der Waals surface area contributed by atoms with Crippen LogP contribution in [0.25, 0.3) is 0 Å². The largest absolute Gasteiger partial charge is 0.468 e. The number of aliphatic hydroxyl groups excluding tert-OH is 1. The Labute approximate surface area is 119 Å². The van der Waals surface area contributed by atoms with Crippen LogP contribution < -0.4 is 5.32 Å². The lowest BCUT2D eigenvalue weighted by Gasteiger charge is -2.21. The number of furan rings is 1. The predicted octanol–water partition coefficient (Wildman–Crippen LogP) is 3.15. The van der Waals surface area contributed by atoms with Crippen molar-refractivity contribution in [2.45, 2.75) is 38.3 Å². The third-order valence-corrected chi connectivity index (χ3v) is 4.14. The second kappa shape index (κ2) is 5.81. The van der Waals surface area contributed by atoms with E-state index >= 15 is 0 Å². The van der Waals surface area contributed by atoms with Crippen LogP contribution in [0.2, 0.25) is 0 Å². The molecule has 0 radical (unpaired) electrons. The fourth-order valence-corrected chi connectivity index (χ4v) is 2.97. The van der Waals surface area contributed by atoms with E-state index in [0.29, 0.717) is 0 Å². The van der Waals surface area contributed by atoms with Gasteiger partial charge in [-0.3, -0.25) is 5.32 Å². The molecule has 3 rings (SSSR count). The van der Waals surface area contributed by atoms with Gasteiger partial charge < -0.3 is 9.52 Å². The Morgan fingerprint density at radius 1 is 1.25 bits per heavy atom. The molecule has 1 aliphatic carbocycles. The Morgan fingerprint density at radius 3 is 2.85 bits per heavy atom. The van der Waals surface area contributed by atoms with Crippen LogP contribution in [0.4, 0.5) is 0 Å². The van der Waals surface area contributed by atoms with Crippen LogP contribution in [-0.4, -0.2) is 11.7 Å². The van der Waals surface area contributed by atoms with Crippen molar-refractivity contribution < 1.29 is 9.52 Å². The van der Waals surface area contributed by atoms with Crippen LogP contribution in [0, 0.1) is 0 Å². The van der Waals surface area contributed by atoms with E-state index in [-0.39, 0.29) is 18.7 Å². The van der Waals surface area contributed by atoms with Crippen molar-refractivity contribution in [2.75, 3.05) is 6.61 Å². The molecule has 0 amide bonds. The maximum Gasteiger partial charge on any atom is 0.123 e. The maximum absolute atomic E-state index is 9.53. The molecular weight excluding hydrogens is 250 g/mol. The molecule has 1 aromatic carbocycles. The van der Waals surface area contributed by atoms with Crippen molar-refractivity contribution in [3.05, 3.63) is 59.0 Å². The van der Waals surface area contributed by atoms with Crippen molar-refractivity contribution in [1.29, 1.82) is 0 Å². The molecule has 0 saturated heterocycles. The second-order valence-corrected chi connectivity index (χ2v) is 5.52. The van der Waals surface area contributed by atoms with E-state index in [2.05, 4.69) is 30.4 Å². The van der Waals surface area contributed by atoms with E-state index in [0.717, 1.165) is 5.76 Å². The summed E-state index contributed by atoms with van der Waals surface area (Å²) in [4.78, 5) is 0. The van der Waals surface area contributed by atoms with Gasteiger partial charge in [-0.25, -0.2) is 0 Å². The average molecular weight is 271 g/mol. The van der Waals surface area contributed by atoms with Gasteiger partial charge in [-0.15, -0.1) is 0 Å². The molecule has 2 N–H and O–H groups in total. The zero-order chi connectivity index (χ0) is 13.9. The Hall–Kier alpha value is -1.58. The van der Waals surface area contributed by atoms with Gasteiger partial charge in [0.15, 0.2) is 0 Å². The first kappa shape index (κ1) is 13.4. The van der Waals surface area contributed by atoms with Crippen molar-refractivity contribution >= 4 is 0 Å². The molecule has 0 fully saturated rings. The molecule has 0 aliphatic heterocycles. The van der Waals surface area contributed by atoms with Gasteiger partial charge in [0.2, 0.25) is 0 Å². The molecule has 1 aliphatic rings. The number of benzene rings is 1. The Bertz CT molecular complexity index is 562. The minimum Gasteiger partial charge on any atom is -0.468 e. The molecule has 20 heavy (non-hydrogen) atoms. The first-order valence-corrected chi connectivity index (χ1v) is 7.30. The molecule has 0 bridgehead atoms. The zero-order valence-corrected chi connectivity index (χ0v) is 11.8. The van der Waals surface area contributed by atoms with Crippen LogP contribution in [0.15, 0.2) is 41.0 Å². The van der Waals surface area contributed by atoms with Crippen LogP contribution in [-0.2, 0) is 12.8 Å². The van der Waals surface area contributed by atoms with Crippen LogP contribution in [0.1, 0.15) is 47.9 Å². The molecule has 1 aromatic heterocycles.